The average Bonchev–Trinajstić information content (AvgIpc) is 3.14. The summed E-state index contributed by atoms with van der Waals surface area (Å²) < 4.78 is 15.5. The van der Waals surface area contributed by atoms with Gasteiger partial charge in [0.2, 0.25) is 5.76 Å². The van der Waals surface area contributed by atoms with Crippen LogP contribution in [0.25, 0.3) is 11.3 Å². The van der Waals surface area contributed by atoms with Gasteiger partial charge in [0.1, 0.15) is 23.8 Å². The lowest BCUT2D eigenvalue weighted by atomic mass is 10.2. The fourth-order valence-electron chi connectivity index (χ4n) is 1.95. The molecule has 112 valence electrons. The number of hydrogen-bond acceptors (Lipinski definition) is 5. The number of ether oxygens (including phenoxy) is 1. The molecule has 3 aromatic rings. The standard InChI is InChI=1S/C16H12ClNO4/c1-10-8-11(18-22-10)9-20-16(19)15-7-6-14(21-15)12-4-2-3-5-13(12)17/h2-8H,9H2,1H3. The van der Waals surface area contributed by atoms with Crippen LogP contribution in [0.4, 0.5) is 0 Å². The maximum absolute atomic E-state index is 11.9. The molecule has 5 nitrogen and oxygen atoms in total. The lowest BCUT2D eigenvalue weighted by molar-refractivity contribution is 0.0428. The quantitative estimate of drug-likeness (QED) is 0.673. The van der Waals surface area contributed by atoms with Crippen molar-refractivity contribution in [2.24, 2.45) is 0 Å². The van der Waals surface area contributed by atoms with Crippen LogP contribution in [-0.4, -0.2) is 11.1 Å². The van der Waals surface area contributed by atoms with E-state index in [1.54, 1.807) is 31.2 Å². The Morgan fingerprint density at radius 1 is 1.27 bits per heavy atom. The Kier molecular flexibility index (Phi) is 3.98. The summed E-state index contributed by atoms with van der Waals surface area (Å²) >= 11 is 6.10. The minimum absolute atomic E-state index is 0.0261. The largest absolute Gasteiger partial charge is 0.453 e. The summed E-state index contributed by atoms with van der Waals surface area (Å²) in [6.45, 7) is 1.79. The molecule has 1 aromatic carbocycles. The Labute approximate surface area is 131 Å². The summed E-state index contributed by atoms with van der Waals surface area (Å²) in [6, 6.07) is 12.2. The lowest BCUT2D eigenvalue weighted by Gasteiger charge is -2.01. The molecule has 0 radical (unpaired) electrons. The molecule has 0 aliphatic heterocycles. The first-order valence-corrected chi connectivity index (χ1v) is 6.95. The molecule has 2 heterocycles. The SMILES string of the molecule is Cc1cc(COC(=O)c2ccc(-c3ccccc3Cl)o2)no1. The fraction of sp³-hybridized carbons (Fsp3) is 0.125. The predicted molar refractivity (Wildman–Crippen MR) is 79.5 cm³/mol. The van der Waals surface area contributed by atoms with Crippen molar-refractivity contribution in [3.8, 4) is 11.3 Å². The van der Waals surface area contributed by atoms with Crippen LogP contribution in [0.15, 0.2) is 51.4 Å². The number of furan rings is 1. The Morgan fingerprint density at radius 2 is 2.09 bits per heavy atom. The van der Waals surface area contributed by atoms with Crippen LogP contribution >= 0.6 is 11.6 Å². The van der Waals surface area contributed by atoms with Crippen LogP contribution in [0.3, 0.4) is 0 Å². The van der Waals surface area contributed by atoms with E-state index in [1.165, 1.54) is 0 Å². The molecule has 0 saturated carbocycles. The first-order valence-electron chi connectivity index (χ1n) is 6.57. The third kappa shape index (κ3) is 3.04. The molecule has 0 spiro atoms. The van der Waals surface area contributed by atoms with Crippen molar-refractivity contribution >= 4 is 17.6 Å². The van der Waals surface area contributed by atoms with Gasteiger partial charge in [-0.2, -0.15) is 0 Å². The zero-order valence-electron chi connectivity index (χ0n) is 11.7. The third-order valence-corrected chi connectivity index (χ3v) is 3.30. The molecule has 0 fully saturated rings. The first kappa shape index (κ1) is 14.4. The van der Waals surface area contributed by atoms with E-state index >= 15 is 0 Å². The van der Waals surface area contributed by atoms with Gasteiger partial charge in [0.25, 0.3) is 0 Å². The molecule has 0 unspecified atom stereocenters. The van der Waals surface area contributed by atoms with Crippen molar-refractivity contribution in [3.05, 3.63) is 64.7 Å². The number of nitrogens with zero attached hydrogens (tertiary/aromatic N) is 1. The Bertz CT molecular complexity index is 806. The molecule has 2 aromatic heterocycles. The van der Waals surface area contributed by atoms with Gasteiger partial charge in [0.15, 0.2) is 0 Å². The highest BCUT2D eigenvalue weighted by Gasteiger charge is 2.15. The molecule has 0 amide bonds. The van der Waals surface area contributed by atoms with Crippen LogP contribution in [0.2, 0.25) is 5.02 Å². The highest BCUT2D eigenvalue weighted by Crippen LogP contribution is 2.29. The van der Waals surface area contributed by atoms with E-state index in [0.717, 1.165) is 5.56 Å². The molecule has 0 N–H and O–H groups in total. The van der Waals surface area contributed by atoms with E-state index in [-0.39, 0.29) is 12.4 Å². The molecular formula is C16H12ClNO4. The number of rotatable bonds is 4. The Morgan fingerprint density at radius 3 is 2.82 bits per heavy atom. The Balaban J connectivity index is 1.70. The number of benzene rings is 1. The first-order chi connectivity index (χ1) is 10.6. The van der Waals surface area contributed by atoms with Crippen molar-refractivity contribution in [2.75, 3.05) is 0 Å². The van der Waals surface area contributed by atoms with Gasteiger partial charge in [-0.1, -0.05) is 28.9 Å². The van der Waals surface area contributed by atoms with Gasteiger partial charge in [-0.05, 0) is 31.2 Å². The van der Waals surface area contributed by atoms with Crippen molar-refractivity contribution in [3.63, 3.8) is 0 Å². The second-order valence-corrected chi connectivity index (χ2v) is 5.06. The van der Waals surface area contributed by atoms with E-state index < -0.39 is 5.97 Å². The molecule has 0 bridgehead atoms. The van der Waals surface area contributed by atoms with Crippen LogP contribution in [0, 0.1) is 6.92 Å². The summed E-state index contributed by atoms with van der Waals surface area (Å²) in [5.74, 6) is 0.703. The van der Waals surface area contributed by atoms with E-state index in [1.807, 2.05) is 18.2 Å². The van der Waals surface area contributed by atoms with Crippen LogP contribution < -0.4 is 0 Å². The zero-order valence-corrected chi connectivity index (χ0v) is 12.5. The van der Waals surface area contributed by atoms with E-state index in [2.05, 4.69) is 5.16 Å². The summed E-state index contributed by atoms with van der Waals surface area (Å²) in [5, 5.41) is 4.30. The van der Waals surface area contributed by atoms with Crippen LogP contribution in [0.5, 0.6) is 0 Å². The molecule has 0 aliphatic rings. The number of carbonyl (C=O) groups is 1. The second kappa shape index (κ2) is 6.07. The summed E-state index contributed by atoms with van der Waals surface area (Å²) in [6.07, 6.45) is 0. The van der Waals surface area contributed by atoms with Crippen molar-refractivity contribution in [1.82, 2.24) is 5.16 Å². The lowest BCUT2D eigenvalue weighted by Crippen LogP contribution is -2.04. The molecule has 0 atom stereocenters. The third-order valence-electron chi connectivity index (χ3n) is 2.97. The van der Waals surface area contributed by atoms with Crippen molar-refractivity contribution in [2.45, 2.75) is 13.5 Å². The molecule has 3 rings (SSSR count). The Hall–Kier alpha value is -2.53. The average molecular weight is 318 g/mol. The van der Waals surface area contributed by atoms with E-state index in [4.69, 9.17) is 25.3 Å². The number of halogens is 1. The highest BCUT2D eigenvalue weighted by atomic mass is 35.5. The monoisotopic (exact) mass is 317 g/mol. The second-order valence-electron chi connectivity index (χ2n) is 4.65. The molecule has 0 aliphatic carbocycles. The van der Waals surface area contributed by atoms with Crippen molar-refractivity contribution < 1.29 is 18.5 Å². The number of esters is 1. The topological polar surface area (TPSA) is 65.5 Å². The fourth-order valence-corrected chi connectivity index (χ4v) is 2.18. The van der Waals surface area contributed by atoms with Gasteiger partial charge in [0, 0.05) is 11.6 Å². The highest BCUT2D eigenvalue weighted by molar-refractivity contribution is 6.33. The van der Waals surface area contributed by atoms with Gasteiger partial charge >= 0.3 is 5.97 Å². The minimum atomic E-state index is -0.570. The summed E-state index contributed by atoms with van der Waals surface area (Å²) in [7, 11) is 0. The number of hydrogen-bond donors (Lipinski definition) is 0. The number of aromatic nitrogens is 1. The summed E-state index contributed by atoms with van der Waals surface area (Å²) in [4.78, 5) is 11.9. The van der Waals surface area contributed by atoms with Crippen LogP contribution in [0.1, 0.15) is 22.0 Å². The maximum atomic E-state index is 11.9. The maximum Gasteiger partial charge on any atom is 0.374 e. The van der Waals surface area contributed by atoms with E-state index in [9.17, 15) is 4.79 Å². The zero-order chi connectivity index (χ0) is 15.5. The number of carbonyl (C=O) groups excluding carboxylic acids is 1. The molecular weight excluding hydrogens is 306 g/mol. The summed E-state index contributed by atoms with van der Waals surface area (Å²) in [5.41, 5.74) is 1.26. The molecule has 22 heavy (non-hydrogen) atoms. The van der Waals surface area contributed by atoms with Gasteiger partial charge in [0.05, 0.1) is 5.02 Å². The minimum Gasteiger partial charge on any atom is -0.453 e. The van der Waals surface area contributed by atoms with Gasteiger partial charge < -0.3 is 13.7 Å². The number of aryl methyl sites for hydroxylation is 1. The molecule has 6 heteroatoms. The normalized spacial score (nSPS) is 10.6. The van der Waals surface area contributed by atoms with Gasteiger partial charge in [-0.3, -0.25) is 0 Å². The van der Waals surface area contributed by atoms with Gasteiger partial charge in [-0.25, -0.2) is 4.79 Å². The smallest absolute Gasteiger partial charge is 0.374 e. The van der Waals surface area contributed by atoms with Crippen LogP contribution in [-0.2, 0) is 11.3 Å². The predicted octanol–water partition coefficient (Wildman–Crippen LogP) is 4.25. The van der Waals surface area contributed by atoms with E-state index in [0.29, 0.717) is 22.2 Å². The van der Waals surface area contributed by atoms with Gasteiger partial charge in [-0.15, -0.1) is 0 Å². The molecule has 0 saturated heterocycles. The van der Waals surface area contributed by atoms with Crippen molar-refractivity contribution in [1.29, 1.82) is 0 Å².